The Morgan fingerprint density at radius 1 is 1.23 bits per heavy atom. The number of nitrogens with one attached hydrogen (secondary N) is 3. The Morgan fingerprint density at radius 3 is 2.73 bits per heavy atom. The molecular weight excluding hydrogens is 384 g/mol. The number of carbonyl (C=O) groups is 3. The Hall–Kier alpha value is -3.36. The number of hydrogen-bond donors (Lipinski definition) is 3. The second-order valence-corrected chi connectivity index (χ2v) is 7.20. The first-order valence-electron chi connectivity index (χ1n) is 10.1. The fraction of sp³-hybridized carbons (Fsp3) is 0.429. The van der Waals surface area contributed by atoms with E-state index < -0.39 is 0 Å². The number of benzene rings is 1. The summed E-state index contributed by atoms with van der Waals surface area (Å²) in [6, 6.07) is 7.42. The highest BCUT2D eigenvalue weighted by molar-refractivity contribution is 5.94. The molecule has 30 heavy (non-hydrogen) atoms. The smallest absolute Gasteiger partial charge is 0.319 e. The van der Waals surface area contributed by atoms with Crippen LogP contribution in [0, 0.1) is 0 Å². The van der Waals surface area contributed by atoms with Crippen molar-refractivity contribution in [1.29, 1.82) is 0 Å². The molecule has 0 radical (unpaired) electrons. The van der Waals surface area contributed by atoms with Crippen LogP contribution in [0.2, 0.25) is 0 Å². The molecule has 1 aromatic heterocycles. The van der Waals surface area contributed by atoms with Gasteiger partial charge in [-0.05, 0) is 24.1 Å². The number of nitrogens with zero attached hydrogens (tertiary/aromatic N) is 3. The van der Waals surface area contributed by atoms with Crippen molar-refractivity contribution >= 4 is 23.5 Å². The first kappa shape index (κ1) is 21.4. The van der Waals surface area contributed by atoms with Gasteiger partial charge in [0.05, 0.1) is 6.54 Å². The van der Waals surface area contributed by atoms with Crippen LogP contribution in [0.5, 0.6) is 0 Å². The van der Waals surface area contributed by atoms with Gasteiger partial charge in [0, 0.05) is 57.0 Å². The Bertz CT molecular complexity index is 952. The predicted molar refractivity (Wildman–Crippen MR) is 113 cm³/mol. The summed E-state index contributed by atoms with van der Waals surface area (Å²) in [5, 5.41) is 12.7. The van der Waals surface area contributed by atoms with Crippen LogP contribution in [0.1, 0.15) is 41.2 Å². The van der Waals surface area contributed by atoms with Crippen molar-refractivity contribution in [3.63, 3.8) is 0 Å². The van der Waals surface area contributed by atoms with Gasteiger partial charge < -0.3 is 20.9 Å². The van der Waals surface area contributed by atoms with Gasteiger partial charge in [-0.2, -0.15) is 5.10 Å². The molecule has 9 heteroatoms. The molecule has 1 aromatic carbocycles. The minimum absolute atomic E-state index is 0.0262. The van der Waals surface area contributed by atoms with Crippen molar-refractivity contribution in [3.8, 4) is 0 Å². The van der Waals surface area contributed by atoms with Crippen molar-refractivity contribution in [1.82, 2.24) is 25.3 Å². The van der Waals surface area contributed by atoms with E-state index in [2.05, 4.69) is 28.0 Å². The van der Waals surface area contributed by atoms with Gasteiger partial charge in [0.1, 0.15) is 0 Å². The summed E-state index contributed by atoms with van der Waals surface area (Å²) in [5.74, 6) is -0.307. The normalized spacial score (nSPS) is 12.8. The molecule has 160 valence electrons. The SMILES string of the molecule is CCc1cccc(NC(=O)NCCn2nc(C(=O)NC)c3c2CCN(C(C)=O)C3)c1. The van der Waals surface area contributed by atoms with Crippen LogP contribution in [0.15, 0.2) is 24.3 Å². The lowest BCUT2D eigenvalue weighted by atomic mass is 10.0. The fourth-order valence-electron chi connectivity index (χ4n) is 3.56. The summed E-state index contributed by atoms with van der Waals surface area (Å²) in [5.41, 5.74) is 3.94. The number of urea groups is 1. The summed E-state index contributed by atoms with van der Waals surface area (Å²) in [7, 11) is 1.55. The second kappa shape index (κ2) is 9.43. The number of anilines is 1. The van der Waals surface area contributed by atoms with Crippen LogP contribution in [0.3, 0.4) is 0 Å². The third-order valence-electron chi connectivity index (χ3n) is 5.22. The number of carbonyl (C=O) groups excluding carboxylic acids is 3. The van der Waals surface area contributed by atoms with Crippen LogP contribution in [-0.2, 0) is 30.7 Å². The maximum absolute atomic E-state index is 12.2. The van der Waals surface area contributed by atoms with Crippen LogP contribution in [0.4, 0.5) is 10.5 Å². The summed E-state index contributed by atoms with van der Waals surface area (Å²) in [4.78, 5) is 37.9. The first-order valence-corrected chi connectivity index (χ1v) is 10.1. The van der Waals surface area contributed by atoms with Crippen LogP contribution in [0.25, 0.3) is 0 Å². The summed E-state index contributed by atoms with van der Waals surface area (Å²) in [6.45, 7) is 5.33. The molecule has 0 saturated heterocycles. The standard InChI is InChI=1S/C21H28N6O3/c1-4-15-6-5-7-16(12-15)24-21(30)23-9-11-27-18-8-10-26(14(2)28)13-17(18)19(25-27)20(29)22-3/h5-7,12H,4,8-11,13H2,1-3H3,(H,22,29)(H2,23,24,30). The number of fused-ring (bicyclic) bond motifs is 1. The molecule has 0 atom stereocenters. The van der Waals surface area contributed by atoms with E-state index in [0.717, 1.165) is 28.9 Å². The maximum Gasteiger partial charge on any atom is 0.319 e. The minimum Gasteiger partial charge on any atom is -0.354 e. The molecule has 1 aliphatic rings. The summed E-state index contributed by atoms with van der Waals surface area (Å²) >= 11 is 0. The van der Waals surface area contributed by atoms with E-state index in [-0.39, 0.29) is 17.8 Å². The Morgan fingerprint density at radius 2 is 2.03 bits per heavy atom. The average molecular weight is 412 g/mol. The van der Waals surface area contributed by atoms with E-state index in [9.17, 15) is 14.4 Å². The van der Waals surface area contributed by atoms with Crippen LogP contribution < -0.4 is 16.0 Å². The van der Waals surface area contributed by atoms with Gasteiger partial charge in [-0.25, -0.2) is 4.79 Å². The molecule has 0 unspecified atom stereocenters. The van der Waals surface area contributed by atoms with Crippen molar-refractivity contribution in [2.45, 2.75) is 39.8 Å². The minimum atomic E-state index is -0.293. The molecule has 4 amide bonds. The van der Waals surface area contributed by atoms with Gasteiger partial charge in [-0.1, -0.05) is 19.1 Å². The number of aryl methyl sites for hydroxylation is 1. The third-order valence-corrected chi connectivity index (χ3v) is 5.22. The van der Waals surface area contributed by atoms with Crippen molar-refractivity contribution < 1.29 is 14.4 Å². The highest BCUT2D eigenvalue weighted by Crippen LogP contribution is 2.23. The lowest BCUT2D eigenvalue weighted by Gasteiger charge is -2.26. The number of aromatic nitrogens is 2. The molecule has 3 N–H and O–H groups in total. The van der Waals surface area contributed by atoms with Crippen LogP contribution >= 0.6 is 0 Å². The largest absolute Gasteiger partial charge is 0.354 e. The highest BCUT2D eigenvalue weighted by atomic mass is 16.2. The molecule has 0 fully saturated rings. The quantitative estimate of drug-likeness (QED) is 0.669. The second-order valence-electron chi connectivity index (χ2n) is 7.20. The Labute approximate surface area is 175 Å². The molecule has 3 rings (SSSR count). The van der Waals surface area contributed by atoms with E-state index >= 15 is 0 Å². The average Bonchev–Trinajstić information content (AvgIpc) is 3.11. The van der Waals surface area contributed by atoms with E-state index in [4.69, 9.17) is 0 Å². The van der Waals surface area contributed by atoms with Gasteiger partial charge in [-0.3, -0.25) is 14.3 Å². The molecular formula is C21H28N6O3. The fourth-order valence-corrected chi connectivity index (χ4v) is 3.56. The Kier molecular flexibility index (Phi) is 6.71. The van der Waals surface area contributed by atoms with Gasteiger partial charge in [0.2, 0.25) is 5.91 Å². The maximum atomic E-state index is 12.2. The molecule has 1 aliphatic heterocycles. The molecule has 0 spiro atoms. The lowest BCUT2D eigenvalue weighted by Crippen LogP contribution is -2.36. The molecule has 0 bridgehead atoms. The molecule has 0 saturated carbocycles. The van der Waals surface area contributed by atoms with Gasteiger partial charge in [-0.15, -0.1) is 0 Å². The zero-order valence-corrected chi connectivity index (χ0v) is 17.6. The third kappa shape index (κ3) is 4.79. The van der Waals surface area contributed by atoms with Crippen molar-refractivity contribution in [3.05, 3.63) is 46.8 Å². The van der Waals surface area contributed by atoms with E-state index in [1.807, 2.05) is 24.3 Å². The van der Waals surface area contributed by atoms with Crippen molar-refractivity contribution in [2.24, 2.45) is 0 Å². The van der Waals surface area contributed by atoms with Gasteiger partial charge in [0.25, 0.3) is 5.91 Å². The summed E-state index contributed by atoms with van der Waals surface area (Å²) in [6.07, 6.45) is 1.52. The molecule has 9 nitrogen and oxygen atoms in total. The Balaban J connectivity index is 1.64. The molecule has 0 aliphatic carbocycles. The molecule has 2 aromatic rings. The zero-order chi connectivity index (χ0) is 21.7. The van der Waals surface area contributed by atoms with Crippen molar-refractivity contribution in [2.75, 3.05) is 25.5 Å². The van der Waals surface area contributed by atoms with E-state index in [0.29, 0.717) is 38.3 Å². The molecule has 2 heterocycles. The van der Waals surface area contributed by atoms with E-state index in [1.54, 1.807) is 16.6 Å². The predicted octanol–water partition coefficient (Wildman–Crippen LogP) is 1.53. The van der Waals surface area contributed by atoms with Gasteiger partial charge in [0.15, 0.2) is 5.69 Å². The van der Waals surface area contributed by atoms with E-state index in [1.165, 1.54) is 6.92 Å². The lowest BCUT2D eigenvalue weighted by molar-refractivity contribution is -0.129. The van der Waals surface area contributed by atoms with Gasteiger partial charge >= 0.3 is 6.03 Å². The number of hydrogen-bond acceptors (Lipinski definition) is 4. The first-order chi connectivity index (χ1) is 14.4. The van der Waals surface area contributed by atoms with Crippen LogP contribution in [-0.4, -0.2) is 52.7 Å². The highest BCUT2D eigenvalue weighted by Gasteiger charge is 2.28. The topological polar surface area (TPSA) is 108 Å². The zero-order valence-electron chi connectivity index (χ0n) is 17.6. The number of rotatable bonds is 6. The number of amides is 4. The monoisotopic (exact) mass is 412 g/mol. The summed E-state index contributed by atoms with van der Waals surface area (Å²) < 4.78 is 1.76.